The van der Waals surface area contributed by atoms with Crippen molar-refractivity contribution in [2.75, 3.05) is 20.1 Å². The van der Waals surface area contributed by atoms with Crippen LogP contribution in [0.2, 0.25) is 0 Å². The smallest absolute Gasteiger partial charge is 0.258 e. The predicted molar refractivity (Wildman–Crippen MR) is 122 cm³/mol. The van der Waals surface area contributed by atoms with Gasteiger partial charge in [0.1, 0.15) is 11.2 Å². The molecule has 4 rings (SSSR count). The molecule has 7 nitrogen and oxygen atoms in total. The maximum Gasteiger partial charge on any atom is 0.258 e. The Labute approximate surface area is 191 Å². The lowest BCUT2D eigenvalue weighted by molar-refractivity contribution is -0.127. The van der Waals surface area contributed by atoms with E-state index in [1.165, 1.54) is 5.56 Å². The normalized spacial score (nSPS) is 19.4. The van der Waals surface area contributed by atoms with Crippen molar-refractivity contribution in [3.8, 4) is 11.4 Å². The maximum absolute atomic E-state index is 12.4. The van der Waals surface area contributed by atoms with Gasteiger partial charge in [0.05, 0.1) is 0 Å². The lowest BCUT2D eigenvalue weighted by Crippen LogP contribution is -2.63. The lowest BCUT2D eigenvalue weighted by atomic mass is 9.62. The predicted octanol–water partition coefficient (Wildman–Crippen LogP) is 3.67. The summed E-state index contributed by atoms with van der Waals surface area (Å²) >= 11 is 0. The Bertz CT molecular complexity index is 1150. The second kappa shape index (κ2) is 7.76. The van der Waals surface area contributed by atoms with Crippen molar-refractivity contribution in [3.63, 3.8) is 0 Å². The highest BCUT2D eigenvalue weighted by Crippen LogP contribution is 2.50. The standard InChI is InChI=1S/C25H32N4O3/c1-16(2)17-7-9-19(10-8-17)25(31,24(5)14-29(6)15-24)20-11-18(12-26-13-20)21-27-22(32-28-21)23(3,4)30/h7-13,16,30-31H,14-15H2,1-6H3/t25-/m0/s1/i6D2. The molecule has 1 saturated heterocycles. The van der Waals surface area contributed by atoms with Gasteiger partial charge in [0, 0.05) is 44.8 Å². The van der Waals surface area contributed by atoms with E-state index in [1.54, 1.807) is 37.2 Å². The first-order valence-corrected chi connectivity index (χ1v) is 10.8. The summed E-state index contributed by atoms with van der Waals surface area (Å²) in [6.45, 7) is 9.02. The zero-order valence-electron chi connectivity index (χ0n) is 21.2. The van der Waals surface area contributed by atoms with Crippen LogP contribution in [-0.2, 0) is 11.2 Å². The van der Waals surface area contributed by atoms with Crippen LogP contribution in [0.25, 0.3) is 11.4 Å². The van der Waals surface area contributed by atoms with E-state index in [1.807, 2.05) is 31.2 Å². The highest BCUT2D eigenvalue weighted by molar-refractivity contribution is 5.56. The first-order chi connectivity index (χ1) is 15.8. The Kier molecular flexibility index (Phi) is 4.86. The quantitative estimate of drug-likeness (QED) is 0.606. The molecule has 32 heavy (non-hydrogen) atoms. The minimum Gasteiger partial charge on any atom is -0.381 e. The Hall–Kier alpha value is -2.61. The molecule has 0 radical (unpaired) electrons. The fraction of sp³-hybridized carbons (Fsp3) is 0.480. The van der Waals surface area contributed by atoms with Crippen LogP contribution in [0.4, 0.5) is 0 Å². The van der Waals surface area contributed by atoms with Gasteiger partial charge in [-0.05, 0) is 44.0 Å². The van der Waals surface area contributed by atoms with Crippen molar-refractivity contribution in [2.24, 2.45) is 5.41 Å². The lowest BCUT2D eigenvalue weighted by Gasteiger charge is -2.55. The zero-order chi connectivity index (χ0) is 24.9. The number of nitrogens with zero attached hydrogens (tertiary/aromatic N) is 4. The van der Waals surface area contributed by atoms with Crippen molar-refractivity contribution in [1.82, 2.24) is 20.0 Å². The summed E-state index contributed by atoms with van der Waals surface area (Å²) in [7, 11) is 0. The van der Waals surface area contributed by atoms with Crippen molar-refractivity contribution in [3.05, 3.63) is 65.3 Å². The van der Waals surface area contributed by atoms with E-state index < -0.39 is 23.6 Å². The molecule has 0 spiro atoms. The molecule has 0 saturated carbocycles. The molecule has 1 aliphatic rings. The van der Waals surface area contributed by atoms with Crippen LogP contribution in [0.15, 0.2) is 47.2 Å². The van der Waals surface area contributed by atoms with Gasteiger partial charge in [-0.15, -0.1) is 0 Å². The summed E-state index contributed by atoms with van der Waals surface area (Å²) in [5, 5.41) is 26.5. The number of hydrogen-bond donors (Lipinski definition) is 2. The third-order valence-electron chi connectivity index (χ3n) is 6.34. The van der Waals surface area contributed by atoms with Gasteiger partial charge in [-0.3, -0.25) is 4.98 Å². The Balaban J connectivity index is 1.80. The van der Waals surface area contributed by atoms with Gasteiger partial charge < -0.3 is 19.6 Å². The summed E-state index contributed by atoms with van der Waals surface area (Å²) in [5.41, 5.74) is -0.363. The number of aliphatic hydroxyl groups is 2. The van der Waals surface area contributed by atoms with Crippen LogP contribution in [-0.4, -0.2) is 50.3 Å². The molecule has 0 aliphatic carbocycles. The molecule has 170 valence electrons. The van der Waals surface area contributed by atoms with E-state index in [0.717, 1.165) is 5.56 Å². The summed E-state index contributed by atoms with van der Waals surface area (Å²) in [6.07, 6.45) is 3.22. The van der Waals surface area contributed by atoms with Gasteiger partial charge in [0.25, 0.3) is 5.89 Å². The molecule has 7 heteroatoms. The Morgan fingerprint density at radius 2 is 1.81 bits per heavy atom. The van der Waals surface area contributed by atoms with Gasteiger partial charge in [-0.1, -0.05) is 50.2 Å². The van der Waals surface area contributed by atoms with Crippen LogP contribution in [0.1, 0.15) is 65.9 Å². The van der Waals surface area contributed by atoms with E-state index in [-0.39, 0.29) is 11.7 Å². The summed E-state index contributed by atoms with van der Waals surface area (Å²) in [6, 6.07) is 9.71. The molecular weight excluding hydrogens is 404 g/mol. The molecule has 0 unspecified atom stereocenters. The highest BCUT2D eigenvalue weighted by atomic mass is 16.5. The largest absolute Gasteiger partial charge is 0.381 e. The van der Waals surface area contributed by atoms with Crippen LogP contribution < -0.4 is 0 Å². The van der Waals surface area contributed by atoms with Gasteiger partial charge in [0.2, 0.25) is 5.82 Å². The summed E-state index contributed by atoms with van der Waals surface area (Å²) in [4.78, 5) is 10.4. The second-order valence-corrected chi connectivity index (χ2v) is 9.90. The van der Waals surface area contributed by atoms with E-state index in [4.69, 9.17) is 7.26 Å². The molecule has 3 aromatic rings. The van der Waals surface area contributed by atoms with Gasteiger partial charge >= 0.3 is 0 Å². The second-order valence-electron chi connectivity index (χ2n) is 9.90. The molecule has 1 aliphatic heterocycles. The van der Waals surface area contributed by atoms with Crippen molar-refractivity contribution >= 4 is 0 Å². The molecule has 1 fully saturated rings. The number of likely N-dealkylation sites (tertiary alicyclic amines) is 1. The molecular formula is C25H32N4O3. The van der Waals surface area contributed by atoms with Gasteiger partial charge in [-0.2, -0.15) is 4.98 Å². The highest BCUT2D eigenvalue weighted by Gasteiger charge is 2.55. The van der Waals surface area contributed by atoms with Crippen molar-refractivity contribution in [2.45, 2.75) is 51.7 Å². The fourth-order valence-electron chi connectivity index (χ4n) is 4.40. The molecule has 0 amide bonds. The van der Waals surface area contributed by atoms with Gasteiger partial charge in [-0.25, -0.2) is 0 Å². The minimum atomic E-state index is -1.43. The summed E-state index contributed by atoms with van der Waals surface area (Å²) in [5.74, 6) is 0.713. The Morgan fingerprint density at radius 3 is 2.38 bits per heavy atom. The van der Waals surface area contributed by atoms with E-state index >= 15 is 0 Å². The van der Waals surface area contributed by atoms with E-state index in [0.29, 0.717) is 30.1 Å². The van der Waals surface area contributed by atoms with Crippen molar-refractivity contribution < 1.29 is 17.5 Å². The number of hydrogen-bond acceptors (Lipinski definition) is 7. The number of rotatable bonds is 6. The SMILES string of the molecule is [2H]C([2H])N1CC(C)([C@](O)(c2ccc(C(C)C)cc2)c2cncc(-c3noc(C(C)(C)O)n3)c2)C1. The third kappa shape index (κ3) is 3.74. The Morgan fingerprint density at radius 1 is 1.12 bits per heavy atom. The summed E-state index contributed by atoms with van der Waals surface area (Å²) < 4.78 is 20.7. The molecule has 2 aromatic heterocycles. The van der Waals surface area contributed by atoms with Gasteiger partial charge in [0.15, 0.2) is 0 Å². The third-order valence-corrected chi connectivity index (χ3v) is 6.34. The van der Waals surface area contributed by atoms with Crippen LogP contribution in [0.3, 0.4) is 0 Å². The number of benzene rings is 1. The van der Waals surface area contributed by atoms with E-state index in [2.05, 4.69) is 29.0 Å². The van der Waals surface area contributed by atoms with Crippen LogP contribution in [0.5, 0.6) is 0 Å². The fourth-order valence-corrected chi connectivity index (χ4v) is 4.40. The first-order valence-electron chi connectivity index (χ1n) is 11.9. The number of aromatic nitrogens is 3. The molecule has 1 aromatic carbocycles. The average Bonchev–Trinajstić information content (AvgIpc) is 3.27. The van der Waals surface area contributed by atoms with E-state index in [9.17, 15) is 10.2 Å². The molecule has 0 bridgehead atoms. The monoisotopic (exact) mass is 438 g/mol. The average molecular weight is 439 g/mol. The minimum absolute atomic E-state index is 0.0889. The first kappa shape index (κ1) is 20.0. The number of pyridine rings is 1. The maximum atomic E-state index is 12.4. The molecule has 3 heterocycles. The zero-order valence-corrected chi connectivity index (χ0v) is 19.2. The van der Waals surface area contributed by atoms with Crippen LogP contribution in [0, 0.1) is 5.41 Å². The molecule has 1 atom stereocenters. The van der Waals surface area contributed by atoms with Crippen molar-refractivity contribution in [1.29, 1.82) is 0 Å². The molecule has 2 N–H and O–H groups in total. The topological polar surface area (TPSA) is 95.5 Å². The van der Waals surface area contributed by atoms with Crippen LogP contribution >= 0.6 is 0 Å².